The number of rotatable bonds is 1. The van der Waals surface area contributed by atoms with Gasteiger partial charge >= 0.3 is 7.60 Å². The molecule has 1 heterocycles. The minimum atomic E-state index is -4.18. The maximum absolute atomic E-state index is 10.3. The molecule has 0 atom stereocenters. The van der Waals surface area contributed by atoms with E-state index in [1.54, 1.807) is 0 Å². The Morgan fingerprint density at radius 1 is 1.67 bits per heavy atom. The Labute approximate surface area is 50.5 Å². The van der Waals surface area contributed by atoms with Crippen molar-refractivity contribution in [2.75, 3.05) is 0 Å². The van der Waals surface area contributed by atoms with Gasteiger partial charge in [-0.05, 0) is 0 Å². The van der Waals surface area contributed by atoms with E-state index in [1.807, 2.05) is 0 Å². The average molecular weight is 149 g/mol. The minimum Gasteiger partial charge on any atom is -0.451 e. The van der Waals surface area contributed by atoms with Crippen molar-refractivity contribution < 1.29 is 18.8 Å². The third-order valence-electron chi connectivity index (χ3n) is 0.718. The Morgan fingerprint density at radius 3 is 2.56 bits per heavy atom. The molecule has 0 amide bonds. The van der Waals surface area contributed by atoms with Crippen LogP contribution in [0.15, 0.2) is 17.1 Å². The molecule has 0 aliphatic heterocycles. The van der Waals surface area contributed by atoms with Crippen molar-refractivity contribution in [2.24, 2.45) is 0 Å². The van der Waals surface area contributed by atoms with Gasteiger partial charge in [0.1, 0.15) is 6.26 Å². The molecule has 9 heavy (non-hydrogen) atoms. The summed E-state index contributed by atoms with van der Waals surface area (Å²) in [4.78, 5) is 20.0. The number of nitrogens with zero attached hydrogens (tertiary/aromatic N) is 1. The van der Waals surface area contributed by atoms with Crippen LogP contribution in [0, 0.1) is 0 Å². The zero-order valence-corrected chi connectivity index (χ0v) is 5.15. The van der Waals surface area contributed by atoms with Gasteiger partial charge in [-0.3, -0.25) is 4.57 Å². The summed E-state index contributed by atoms with van der Waals surface area (Å²) >= 11 is 0. The highest BCUT2D eigenvalue weighted by molar-refractivity contribution is 7.59. The maximum atomic E-state index is 10.3. The predicted octanol–water partition coefficient (Wildman–Crippen LogP) is -0.522. The van der Waals surface area contributed by atoms with E-state index in [0.717, 1.165) is 12.7 Å². The molecule has 0 radical (unpaired) electrons. The molecule has 5 nitrogen and oxygen atoms in total. The smallest absolute Gasteiger partial charge is 0.377 e. The largest absolute Gasteiger partial charge is 0.451 e. The minimum absolute atomic E-state index is 0.331. The van der Waals surface area contributed by atoms with Crippen LogP contribution in [-0.2, 0) is 4.57 Å². The van der Waals surface area contributed by atoms with Crippen molar-refractivity contribution in [3.05, 3.63) is 12.7 Å². The van der Waals surface area contributed by atoms with Gasteiger partial charge in [0.2, 0.25) is 0 Å². The molecule has 0 bridgehead atoms. The summed E-state index contributed by atoms with van der Waals surface area (Å²) in [6.07, 6.45) is 1.88. The summed E-state index contributed by atoms with van der Waals surface area (Å²) in [5, 5.41) is 0. The first-order valence-corrected chi connectivity index (χ1v) is 3.66. The lowest BCUT2D eigenvalue weighted by Gasteiger charge is -1.93. The average Bonchev–Trinajstić information content (AvgIpc) is 2.08. The molecule has 0 fully saturated rings. The van der Waals surface area contributed by atoms with Crippen molar-refractivity contribution in [1.29, 1.82) is 0 Å². The SMILES string of the molecule is O=P(O)(O)c1cocn1. The molecule has 0 aliphatic carbocycles. The van der Waals surface area contributed by atoms with Crippen LogP contribution in [0.2, 0.25) is 0 Å². The topological polar surface area (TPSA) is 83.6 Å². The number of aromatic nitrogens is 1. The summed E-state index contributed by atoms with van der Waals surface area (Å²) in [5.74, 6) is 0. The molecule has 6 heteroatoms. The molecule has 1 aromatic heterocycles. The van der Waals surface area contributed by atoms with E-state index in [9.17, 15) is 4.57 Å². The van der Waals surface area contributed by atoms with Crippen molar-refractivity contribution in [1.82, 2.24) is 4.98 Å². The maximum Gasteiger partial charge on any atom is 0.377 e. The van der Waals surface area contributed by atoms with Crippen molar-refractivity contribution >= 4 is 13.0 Å². The predicted molar refractivity (Wildman–Crippen MR) is 28.2 cm³/mol. The Bertz CT molecular complexity index is 224. The third kappa shape index (κ3) is 1.38. The van der Waals surface area contributed by atoms with E-state index >= 15 is 0 Å². The van der Waals surface area contributed by atoms with E-state index in [1.165, 1.54) is 0 Å². The van der Waals surface area contributed by atoms with Gasteiger partial charge in [-0.1, -0.05) is 0 Å². The molecule has 1 rings (SSSR count). The van der Waals surface area contributed by atoms with Crippen molar-refractivity contribution in [2.45, 2.75) is 0 Å². The number of hydrogen-bond acceptors (Lipinski definition) is 3. The van der Waals surface area contributed by atoms with E-state index in [4.69, 9.17) is 9.79 Å². The molecular formula is C3H4NO4P. The van der Waals surface area contributed by atoms with Crippen molar-refractivity contribution in [3.63, 3.8) is 0 Å². The molecule has 0 unspecified atom stereocenters. The molecule has 0 saturated heterocycles. The van der Waals surface area contributed by atoms with E-state index in [2.05, 4.69) is 9.40 Å². The van der Waals surface area contributed by atoms with Gasteiger partial charge in [0.05, 0.1) is 0 Å². The molecule has 2 N–H and O–H groups in total. The Kier molecular flexibility index (Phi) is 1.40. The first kappa shape index (κ1) is 6.48. The Morgan fingerprint density at radius 2 is 2.33 bits per heavy atom. The fourth-order valence-electron chi connectivity index (χ4n) is 0.350. The molecular weight excluding hydrogens is 145 g/mol. The Hall–Kier alpha value is -0.640. The summed E-state index contributed by atoms with van der Waals surface area (Å²) in [5.41, 5.74) is -0.331. The second-order valence-electron chi connectivity index (χ2n) is 1.39. The standard InChI is InChI=1S/C3H4NO4P/c5-9(6,7)3-1-8-2-4-3/h1-2H,(H2,5,6,7). The van der Waals surface area contributed by atoms with Gasteiger partial charge in [-0.2, -0.15) is 0 Å². The zero-order chi connectivity index (χ0) is 6.91. The molecule has 0 aliphatic rings. The van der Waals surface area contributed by atoms with Crippen LogP contribution in [-0.4, -0.2) is 14.8 Å². The molecule has 50 valence electrons. The zero-order valence-electron chi connectivity index (χ0n) is 4.26. The molecule has 0 saturated carbocycles. The van der Waals surface area contributed by atoms with Crippen LogP contribution in [0.5, 0.6) is 0 Å². The van der Waals surface area contributed by atoms with E-state index in [0.29, 0.717) is 0 Å². The van der Waals surface area contributed by atoms with Gasteiger partial charge < -0.3 is 14.2 Å². The van der Waals surface area contributed by atoms with Crippen LogP contribution in [0.25, 0.3) is 0 Å². The number of oxazole rings is 1. The fourth-order valence-corrected chi connectivity index (χ4v) is 0.746. The fraction of sp³-hybridized carbons (Fsp3) is 0. The summed E-state index contributed by atoms with van der Waals surface area (Å²) < 4.78 is 14.6. The van der Waals surface area contributed by atoms with Crippen LogP contribution in [0.3, 0.4) is 0 Å². The highest BCUT2D eigenvalue weighted by Crippen LogP contribution is 2.31. The highest BCUT2D eigenvalue weighted by Gasteiger charge is 2.19. The van der Waals surface area contributed by atoms with Crippen LogP contribution in [0.1, 0.15) is 0 Å². The monoisotopic (exact) mass is 149 g/mol. The molecule has 1 aromatic rings. The summed E-state index contributed by atoms with van der Waals surface area (Å²) in [6.45, 7) is 0. The van der Waals surface area contributed by atoms with Crippen LogP contribution >= 0.6 is 7.60 Å². The van der Waals surface area contributed by atoms with Gasteiger partial charge in [0, 0.05) is 0 Å². The van der Waals surface area contributed by atoms with Gasteiger partial charge in [0.15, 0.2) is 11.8 Å². The van der Waals surface area contributed by atoms with E-state index in [-0.39, 0.29) is 5.44 Å². The number of hydrogen-bond donors (Lipinski definition) is 2. The van der Waals surface area contributed by atoms with Crippen LogP contribution < -0.4 is 5.44 Å². The van der Waals surface area contributed by atoms with Gasteiger partial charge in [-0.25, -0.2) is 4.98 Å². The summed E-state index contributed by atoms with van der Waals surface area (Å²) in [6, 6.07) is 0. The van der Waals surface area contributed by atoms with Crippen molar-refractivity contribution in [3.8, 4) is 0 Å². The van der Waals surface area contributed by atoms with Gasteiger partial charge in [-0.15, -0.1) is 0 Å². The normalized spacial score (nSPS) is 11.8. The van der Waals surface area contributed by atoms with Gasteiger partial charge in [0.25, 0.3) is 0 Å². The first-order valence-electron chi connectivity index (χ1n) is 2.05. The lowest BCUT2D eigenvalue weighted by molar-refractivity contribution is 0.386. The summed E-state index contributed by atoms with van der Waals surface area (Å²) in [7, 11) is -4.18. The van der Waals surface area contributed by atoms with E-state index < -0.39 is 7.60 Å². The second-order valence-corrected chi connectivity index (χ2v) is 2.94. The lowest BCUT2D eigenvalue weighted by Crippen LogP contribution is -2.02. The first-order chi connectivity index (χ1) is 4.11. The Balaban J connectivity index is 3.04. The lowest BCUT2D eigenvalue weighted by atomic mass is 11.0. The third-order valence-corrected chi connectivity index (χ3v) is 1.54. The quantitative estimate of drug-likeness (QED) is 0.524. The highest BCUT2D eigenvalue weighted by atomic mass is 31.2. The second kappa shape index (κ2) is 1.95. The van der Waals surface area contributed by atoms with Crippen LogP contribution in [0.4, 0.5) is 0 Å². The molecule has 0 aromatic carbocycles. The molecule has 0 spiro atoms.